The maximum atomic E-state index is 12.3. The molecule has 0 unspecified atom stereocenters. The first-order chi connectivity index (χ1) is 10.6. The Hall–Kier alpha value is -2.00. The number of aryl methyl sites for hydroxylation is 1. The monoisotopic (exact) mass is 315 g/mol. The Bertz CT molecular complexity index is 669. The second-order valence-corrected chi connectivity index (χ2v) is 5.95. The number of ether oxygens (including phenoxy) is 1. The van der Waals surface area contributed by atoms with Crippen molar-refractivity contribution in [3.8, 4) is 5.75 Å². The van der Waals surface area contributed by atoms with Gasteiger partial charge in [-0.1, -0.05) is 35.9 Å². The average molecular weight is 316 g/mol. The highest BCUT2D eigenvalue weighted by atomic mass is 35.5. The van der Waals surface area contributed by atoms with Crippen molar-refractivity contribution in [2.24, 2.45) is 0 Å². The first-order valence-electron chi connectivity index (χ1n) is 7.44. The molecule has 2 atom stereocenters. The van der Waals surface area contributed by atoms with Gasteiger partial charge in [-0.05, 0) is 55.2 Å². The van der Waals surface area contributed by atoms with Gasteiger partial charge in [-0.3, -0.25) is 4.79 Å². The molecule has 114 valence electrons. The standard InChI is InChI=1S/C18H18ClNO2/c1-12(22-15-9-7-14(19)8-10-15)18(21)20-17-11-6-13-4-2-3-5-16(13)17/h2-5,7-10,12,17H,6,11H2,1H3,(H,20,21)/t12-,17-/m1/s1. The van der Waals surface area contributed by atoms with E-state index in [-0.39, 0.29) is 11.9 Å². The molecule has 1 aliphatic rings. The fraction of sp³-hybridized carbons (Fsp3) is 0.278. The van der Waals surface area contributed by atoms with Crippen LogP contribution in [-0.4, -0.2) is 12.0 Å². The molecular weight excluding hydrogens is 298 g/mol. The number of nitrogens with one attached hydrogen (secondary N) is 1. The average Bonchev–Trinajstić information content (AvgIpc) is 2.93. The molecule has 3 nitrogen and oxygen atoms in total. The number of fused-ring (bicyclic) bond motifs is 1. The van der Waals surface area contributed by atoms with Crippen molar-refractivity contribution in [3.63, 3.8) is 0 Å². The number of amides is 1. The minimum Gasteiger partial charge on any atom is -0.481 e. The van der Waals surface area contributed by atoms with Gasteiger partial charge in [0.25, 0.3) is 5.91 Å². The minimum absolute atomic E-state index is 0.0833. The number of carbonyl (C=O) groups is 1. The van der Waals surface area contributed by atoms with Gasteiger partial charge in [0.15, 0.2) is 6.10 Å². The second kappa shape index (κ2) is 6.41. The van der Waals surface area contributed by atoms with E-state index >= 15 is 0 Å². The lowest BCUT2D eigenvalue weighted by molar-refractivity contribution is -0.128. The molecule has 1 N–H and O–H groups in total. The molecule has 0 aliphatic heterocycles. The van der Waals surface area contributed by atoms with Crippen molar-refractivity contribution in [2.75, 3.05) is 0 Å². The summed E-state index contributed by atoms with van der Waals surface area (Å²) < 4.78 is 5.66. The summed E-state index contributed by atoms with van der Waals surface area (Å²) in [6.45, 7) is 1.75. The van der Waals surface area contributed by atoms with Crippen molar-refractivity contribution < 1.29 is 9.53 Å². The lowest BCUT2D eigenvalue weighted by Crippen LogP contribution is -2.38. The van der Waals surface area contributed by atoms with Gasteiger partial charge in [0.1, 0.15) is 5.75 Å². The van der Waals surface area contributed by atoms with Gasteiger partial charge in [0, 0.05) is 5.02 Å². The normalized spacial score (nSPS) is 17.6. The first-order valence-corrected chi connectivity index (χ1v) is 7.81. The van der Waals surface area contributed by atoms with Crippen LogP contribution >= 0.6 is 11.6 Å². The summed E-state index contributed by atoms with van der Waals surface area (Å²) in [6, 6.07) is 15.3. The third-order valence-electron chi connectivity index (χ3n) is 3.95. The summed E-state index contributed by atoms with van der Waals surface area (Å²) in [6.07, 6.45) is 1.40. The van der Waals surface area contributed by atoms with E-state index in [0.717, 1.165) is 12.8 Å². The van der Waals surface area contributed by atoms with Gasteiger partial charge in [-0.15, -0.1) is 0 Å². The van der Waals surface area contributed by atoms with Crippen LogP contribution in [0, 0.1) is 0 Å². The fourth-order valence-electron chi connectivity index (χ4n) is 2.77. The lowest BCUT2D eigenvalue weighted by Gasteiger charge is -2.19. The summed E-state index contributed by atoms with van der Waals surface area (Å²) in [4.78, 5) is 12.3. The van der Waals surface area contributed by atoms with Crippen molar-refractivity contribution in [2.45, 2.75) is 31.9 Å². The van der Waals surface area contributed by atoms with Crippen LogP contribution in [0.25, 0.3) is 0 Å². The molecule has 2 aromatic rings. The topological polar surface area (TPSA) is 38.3 Å². The summed E-state index contributed by atoms with van der Waals surface area (Å²) in [7, 11) is 0. The van der Waals surface area contributed by atoms with Crippen LogP contribution in [0.5, 0.6) is 5.75 Å². The van der Waals surface area contributed by atoms with Crippen LogP contribution in [0.2, 0.25) is 5.02 Å². The molecule has 0 spiro atoms. The molecular formula is C18H18ClNO2. The van der Waals surface area contributed by atoms with Gasteiger partial charge in [0.2, 0.25) is 0 Å². The molecule has 22 heavy (non-hydrogen) atoms. The molecule has 0 radical (unpaired) electrons. The summed E-state index contributed by atoms with van der Waals surface area (Å²) in [5.74, 6) is 0.538. The Kier molecular flexibility index (Phi) is 4.34. The fourth-order valence-corrected chi connectivity index (χ4v) is 2.89. The van der Waals surface area contributed by atoms with Crippen molar-refractivity contribution in [1.82, 2.24) is 5.32 Å². The number of halogens is 1. The second-order valence-electron chi connectivity index (χ2n) is 5.51. The van der Waals surface area contributed by atoms with E-state index in [1.54, 1.807) is 31.2 Å². The first kappa shape index (κ1) is 14.9. The number of hydrogen-bond acceptors (Lipinski definition) is 2. The van der Waals surface area contributed by atoms with E-state index in [9.17, 15) is 4.79 Å². The van der Waals surface area contributed by atoms with Crippen LogP contribution < -0.4 is 10.1 Å². The predicted octanol–water partition coefficient (Wildman–Crippen LogP) is 3.91. The summed E-state index contributed by atoms with van der Waals surface area (Å²) in [5, 5.41) is 3.72. The van der Waals surface area contributed by atoms with E-state index in [1.807, 2.05) is 12.1 Å². The van der Waals surface area contributed by atoms with Crippen molar-refractivity contribution in [1.29, 1.82) is 0 Å². The Labute approximate surface area is 135 Å². The zero-order valence-corrected chi connectivity index (χ0v) is 13.1. The molecule has 0 fully saturated rings. The Morgan fingerprint density at radius 3 is 2.73 bits per heavy atom. The maximum Gasteiger partial charge on any atom is 0.261 e. The molecule has 1 amide bonds. The Morgan fingerprint density at radius 2 is 1.95 bits per heavy atom. The molecule has 1 aliphatic carbocycles. The zero-order chi connectivity index (χ0) is 15.5. The van der Waals surface area contributed by atoms with Crippen LogP contribution in [0.15, 0.2) is 48.5 Å². The molecule has 3 rings (SSSR count). The van der Waals surface area contributed by atoms with Gasteiger partial charge in [-0.2, -0.15) is 0 Å². The summed E-state index contributed by atoms with van der Waals surface area (Å²) in [5.41, 5.74) is 2.54. The highest BCUT2D eigenvalue weighted by molar-refractivity contribution is 6.30. The largest absolute Gasteiger partial charge is 0.481 e. The number of benzene rings is 2. The summed E-state index contributed by atoms with van der Waals surface area (Å²) >= 11 is 5.84. The maximum absolute atomic E-state index is 12.3. The molecule has 0 aromatic heterocycles. The molecule has 4 heteroatoms. The number of hydrogen-bond donors (Lipinski definition) is 1. The van der Waals surface area contributed by atoms with E-state index < -0.39 is 6.10 Å². The van der Waals surface area contributed by atoms with E-state index in [0.29, 0.717) is 10.8 Å². The van der Waals surface area contributed by atoms with Crippen molar-refractivity contribution >= 4 is 17.5 Å². The van der Waals surface area contributed by atoms with E-state index in [1.165, 1.54) is 11.1 Å². The van der Waals surface area contributed by atoms with Crippen LogP contribution in [0.1, 0.15) is 30.5 Å². The number of carbonyl (C=O) groups excluding carboxylic acids is 1. The molecule has 0 saturated heterocycles. The van der Waals surface area contributed by atoms with Crippen LogP contribution in [-0.2, 0) is 11.2 Å². The smallest absolute Gasteiger partial charge is 0.261 e. The van der Waals surface area contributed by atoms with Gasteiger partial charge < -0.3 is 10.1 Å². The zero-order valence-electron chi connectivity index (χ0n) is 12.4. The highest BCUT2D eigenvalue weighted by Crippen LogP contribution is 2.30. The molecule has 0 heterocycles. The van der Waals surface area contributed by atoms with E-state index in [2.05, 4.69) is 17.4 Å². The van der Waals surface area contributed by atoms with Gasteiger partial charge in [-0.25, -0.2) is 0 Å². The van der Waals surface area contributed by atoms with Gasteiger partial charge in [0.05, 0.1) is 6.04 Å². The van der Waals surface area contributed by atoms with Crippen molar-refractivity contribution in [3.05, 3.63) is 64.7 Å². The predicted molar refractivity (Wildman–Crippen MR) is 87.2 cm³/mol. The lowest BCUT2D eigenvalue weighted by atomic mass is 10.1. The van der Waals surface area contributed by atoms with Crippen LogP contribution in [0.4, 0.5) is 0 Å². The Balaban J connectivity index is 1.61. The quantitative estimate of drug-likeness (QED) is 0.929. The third kappa shape index (κ3) is 3.25. The van der Waals surface area contributed by atoms with E-state index in [4.69, 9.17) is 16.3 Å². The highest BCUT2D eigenvalue weighted by Gasteiger charge is 2.25. The Morgan fingerprint density at radius 1 is 1.23 bits per heavy atom. The molecule has 0 saturated carbocycles. The minimum atomic E-state index is -0.547. The third-order valence-corrected chi connectivity index (χ3v) is 4.20. The SMILES string of the molecule is C[C@@H](Oc1ccc(Cl)cc1)C(=O)N[C@@H]1CCc2ccccc21. The number of rotatable bonds is 4. The van der Waals surface area contributed by atoms with Crippen LogP contribution in [0.3, 0.4) is 0 Å². The molecule has 0 bridgehead atoms. The molecule has 2 aromatic carbocycles. The van der Waals surface area contributed by atoms with Gasteiger partial charge >= 0.3 is 0 Å².